The van der Waals surface area contributed by atoms with E-state index in [4.69, 9.17) is 4.74 Å². The lowest BCUT2D eigenvalue weighted by molar-refractivity contribution is 0.0922. The van der Waals surface area contributed by atoms with Gasteiger partial charge >= 0.3 is 0 Å². The van der Waals surface area contributed by atoms with Crippen LogP contribution in [0.4, 0.5) is 0 Å². The monoisotopic (exact) mass is 258 g/mol. The van der Waals surface area contributed by atoms with E-state index >= 15 is 0 Å². The Morgan fingerprint density at radius 2 is 1.79 bits per heavy atom. The molecule has 0 radical (unpaired) electrons. The van der Waals surface area contributed by atoms with Gasteiger partial charge in [-0.25, -0.2) is 0 Å². The number of ether oxygens (including phenoxy) is 1. The van der Waals surface area contributed by atoms with Crippen molar-refractivity contribution >= 4 is 11.6 Å². The number of rotatable bonds is 4. The van der Waals surface area contributed by atoms with Crippen LogP contribution in [0.25, 0.3) is 0 Å². The number of carbonyl (C=O) groups excluding carboxylic acids is 2. The Balaban J connectivity index is 1.80. The molecule has 0 aromatic heterocycles. The predicted molar refractivity (Wildman–Crippen MR) is 71.5 cm³/mol. The highest BCUT2D eigenvalue weighted by Crippen LogP contribution is 2.36. The lowest BCUT2D eigenvalue weighted by atomic mass is 9.87. The summed E-state index contributed by atoms with van der Waals surface area (Å²) in [5.74, 6) is 0.639. The minimum atomic E-state index is -0.495. The standard InChI is InChI=1S/C16H18O3/c1-9(2)4-3-5-10-6-7-11-12(8-10)14(18)16-15(19-16)13(11)17/h6-9,15-16H,3-5H2,1-2H3. The van der Waals surface area contributed by atoms with Gasteiger partial charge in [-0.05, 0) is 30.4 Å². The van der Waals surface area contributed by atoms with E-state index in [1.807, 2.05) is 12.1 Å². The first-order chi connectivity index (χ1) is 9.08. The molecule has 3 heteroatoms. The predicted octanol–water partition coefficient (Wildman–Crippen LogP) is 2.81. The summed E-state index contributed by atoms with van der Waals surface area (Å²) in [7, 11) is 0. The summed E-state index contributed by atoms with van der Waals surface area (Å²) in [4.78, 5) is 24.0. The van der Waals surface area contributed by atoms with Gasteiger partial charge in [-0.3, -0.25) is 9.59 Å². The molecular weight excluding hydrogens is 240 g/mol. The number of benzene rings is 1. The average molecular weight is 258 g/mol. The van der Waals surface area contributed by atoms with Crippen molar-refractivity contribution in [2.24, 2.45) is 5.92 Å². The zero-order valence-corrected chi connectivity index (χ0v) is 11.3. The summed E-state index contributed by atoms with van der Waals surface area (Å²) >= 11 is 0. The van der Waals surface area contributed by atoms with E-state index in [0.717, 1.165) is 18.4 Å². The van der Waals surface area contributed by atoms with Crippen LogP contribution in [0.15, 0.2) is 18.2 Å². The van der Waals surface area contributed by atoms with E-state index in [-0.39, 0.29) is 11.6 Å². The molecule has 3 rings (SSSR count). The van der Waals surface area contributed by atoms with Gasteiger partial charge in [0.25, 0.3) is 0 Å². The number of hydrogen-bond donors (Lipinski definition) is 0. The molecule has 1 saturated heterocycles. The number of ketones is 2. The lowest BCUT2D eigenvalue weighted by Gasteiger charge is -2.12. The fourth-order valence-corrected chi connectivity index (χ4v) is 2.70. The maximum absolute atomic E-state index is 12.1. The topological polar surface area (TPSA) is 46.7 Å². The van der Waals surface area contributed by atoms with E-state index < -0.39 is 12.2 Å². The first-order valence-electron chi connectivity index (χ1n) is 6.94. The first kappa shape index (κ1) is 12.5. The van der Waals surface area contributed by atoms with Crippen LogP contribution in [-0.2, 0) is 11.2 Å². The molecule has 1 aromatic carbocycles. The van der Waals surface area contributed by atoms with Gasteiger partial charge in [0.05, 0.1) is 0 Å². The second kappa shape index (κ2) is 4.57. The van der Waals surface area contributed by atoms with Crippen LogP contribution in [-0.4, -0.2) is 23.8 Å². The number of carbonyl (C=O) groups is 2. The highest BCUT2D eigenvalue weighted by Gasteiger charge is 2.55. The van der Waals surface area contributed by atoms with Crippen LogP contribution in [0, 0.1) is 5.92 Å². The fraction of sp³-hybridized carbons (Fsp3) is 0.500. The average Bonchev–Trinajstić information content (AvgIpc) is 3.16. The number of epoxide rings is 1. The molecule has 1 aliphatic carbocycles. The van der Waals surface area contributed by atoms with Gasteiger partial charge in [0.2, 0.25) is 0 Å². The minimum absolute atomic E-state index is 0.0229. The minimum Gasteiger partial charge on any atom is -0.352 e. The molecular formula is C16H18O3. The normalized spacial score (nSPS) is 24.4. The zero-order chi connectivity index (χ0) is 13.6. The number of aryl methyl sites for hydroxylation is 1. The largest absolute Gasteiger partial charge is 0.352 e. The molecule has 3 nitrogen and oxygen atoms in total. The van der Waals surface area contributed by atoms with Crippen molar-refractivity contribution in [3.8, 4) is 0 Å². The highest BCUT2D eigenvalue weighted by molar-refractivity contribution is 6.20. The third-order valence-electron chi connectivity index (χ3n) is 3.87. The van der Waals surface area contributed by atoms with E-state index in [1.54, 1.807) is 6.07 Å². The van der Waals surface area contributed by atoms with Gasteiger partial charge in [-0.1, -0.05) is 32.4 Å². The van der Waals surface area contributed by atoms with E-state index in [9.17, 15) is 9.59 Å². The molecule has 19 heavy (non-hydrogen) atoms. The molecule has 1 aromatic rings. The summed E-state index contributed by atoms with van der Waals surface area (Å²) < 4.78 is 5.14. The van der Waals surface area contributed by atoms with Crippen molar-refractivity contribution in [3.05, 3.63) is 34.9 Å². The summed E-state index contributed by atoms with van der Waals surface area (Å²) in [6.45, 7) is 4.42. The molecule has 100 valence electrons. The number of hydrogen-bond acceptors (Lipinski definition) is 3. The Morgan fingerprint density at radius 1 is 1.11 bits per heavy atom. The quantitative estimate of drug-likeness (QED) is 0.780. The molecule has 0 spiro atoms. The maximum atomic E-state index is 12.1. The molecule has 0 saturated carbocycles. The van der Waals surface area contributed by atoms with E-state index in [0.29, 0.717) is 17.0 Å². The van der Waals surface area contributed by atoms with Crippen LogP contribution in [0.3, 0.4) is 0 Å². The summed E-state index contributed by atoms with van der Waals surface area (Å²) in [5.41, 5.74) is 2.24. The molecule has 0 bridgehead atoms. The second-order valence-corrected chi connectivity index (χ2v) is 5.87. The van der Waals surface area contributed by atoms with Crippen molar-refractivity contribution in [1.29, 1.82) is 0 Å². The molecule has 0 N–H and O–H groups in total. The van der Waals surface area contributed by atoms with Crippen LogP contribution < -0.4 is 0 Å². The fourth-order valence-electron chi connectivity index (χ4n) is 2.70. The Hall–Kier alpha value is -1.48. The van der Waals surface area contributed by atoms with Gasteiger partial charge < -0.3 is 4.74 Å². The molecule has 2 aliphatic rings. The van der Waals surface area contributed by atoms with Gasteiger partial charge in [0, 0.05) is 11.1 Å². The van der Waals surface area contributed by atoms with Crippen LogP contribution in [0.2, 0.25) is 0 Å². The lowest BCUT2D eigenvalue weighted by Crippen LogP contribution is -2.26. The molecule has 2 atom stereocenters. The van der Waals surface area contributed by atoms with Crippen molar-refractivity contribution in [2.45, 2.75) is 45.3 Å². The van der Waals surface area contributed by atoms with Crippen molar-refractivity contribution < 1.29 is 14.3 Å². The Kier molecular flexibility index (Phi) is 3.02. The van der Waals surface area contributed by atoms with Gasteiger partial charge in [0.15, 0.2) is 23.8 Å². The van der Waals surface area contributed by atoms with Crippen LogP contribution in [0.5, 0.6) is 0 Å². The SMILES string of the molecule is CC(C)CCCc1ccc2c(c1)C(=O)C1OC1C2=O. The van der Waals surface area contributed by atoms with E-state index in [2.05, 4.69) is 13.8 Å². The van der Waals surface area contributed by atoms with Gasteiger partial charge in [0.1, 0.15) is 0 Å². The number of fused-ring (bicyclic) bond motifs is 2. The van der Waals surface area contributed by atoms with Gasteiger partial charge in [-0.15, -0.1) is 0 Å². The van der Waals surface area contributed by atoms with Crippen LogP contribution in [0.1, 0.15) is 53.0 Å². The van der Waals surface area contributed by atoms with Crippen LogP contribution >= 0.6 is 0 Å². The molecule has 1 heterocycles. The highest BCUT2D eigenvalue weighted by atomic mass is 16.6. The van der Waals surface area contributed by atoms with Crippen molar-refractivity contribution in [1.82, 2.24) is 0 Å². The molecule has 1 fully saturated rings. The first-order valence-corrected chi connectivity index (χ1v) is 6.94. The smallest absolute Gasteiger partial charge is 0.195 e. The number of Topliss-reactive ketones (excluding diaryl/α,β-unsaturated/α-hetero) is 2. The Bertz CT molecular complexity index is 545. The molecule has 2 unspecified atom stereocenters. The summed E-state index contributed by atoms with van der Waals surface area (Å²) in [5, 5.41) is 0. The summed E-state index contributed by atoms with van der Waals surface area (Å²) in [6.07, 6.45) is 2.26. The Morgan fingerprint density at radius 3 is 2.47 bits per heavy atom. The Labute approximate surface area is 113 Å². The zero-order valence-electron chi connectivity index (χ0n) is 11.3. The van der Waals surface area contributed by atoms with Crippen molar-refractivity contribution in [2.75, 3.05) is 0 Å². The maximum Gasteiger partial charge on any atom is 0.195 e. The molecule has 0 amide bonds. The van der Waals surface area contributed by atoms with Gasteiger partial charge in [-0.2, -0.15) is 0 Å². The summed E-state index contributed by atoms with van der Waals surface area (Å²) in [6, 6.07) is 5.64. The third kappa shape index (κ3) is 2.23. The third-order valence-corrected chi connectivity index (χ3v) is 3.87. The van der Waals surface area contributed by atoms with E-state index in [1.165, 1.54) is 6.42 Å². The molecule has 1 aliphatic heterocycles. The van der Waals surface area contributed by atoms with Crippen molar-refractivity contribution in [3.63, 3.8) is 0 Å². The second-order valence-electron chi connectivity index (χ2n) is 5.87.